The van der Waals surface area contributed by atoms with Gasteiger partial charge >= 0.3 is 11.9 Å². The van der Waals surface area contributed by atoms with E-state index < -0.39 is 32.2 Å². The van der Waals surface area contributed by atoms with Crippen molar-refractivity contribution in [2.75, 3.05) is 6.54 Å². The molecule has 0 aliphatic carbocycles. The molecule has 2 aromatic heterocycles. The predicted molar refractivity (Wildman–Crippen MR) is 155 cm³/mol. The van der Waals surface area contributed by atoms with Gasteiger partial charge in [-0.25, -0.2) is 9.78 Å². The van der Waals surface area contributed by atoms with E-state index in [1.807, 2.05) is 0 Å². The topological polar surface area (TPSA) is 134 Å². The molecule has 3 aromatic rings. The maximum Gasteiger partial charge on any atom is 0.355 e. The van der Waals surface area contributed by atoms with Gasteiger partial charge in [0.2, 0.25) is 5.60 Å². The molecule has 5 rings (SSSR count). The molecule has 0 unspecified atom stereocenters. The van der Waals surface area contributed by atoms with Gasteiger partial charge in [-0.1, -0.05) is 40.5 Å². The van der Waals surface area contributed by atoms with Gasteiger partial charge in [0, 0.05) is 5.56 Å². The molecule has 4 heterocycles. The number of carbonyl (C=O) groups is 2. The van der Waals surface area contributed by atoms with Crippen molar-refractivity contribution in [2.24, 2.45) is 11.7 Å². The lowest BCUT2D eigenvalue weighted by atomic mass is 9.85. The smallest absolute Gasteiger partial charge is 0.355 e. The highest BCUT2D eigenvalue weighted by Crippen LogP contribution is 2.47. The van der Waals surface area contributed by atoms with Crippen LogP contribution in [0, 0.1) is 5.92 Å². The van der Waals surface area contributed by atoms with Crippen LogP contribution in [-0.4, -0.2) is 41.2 Å². The van der Waals surface area contributed by atoms with Gasteiger partial charge < -0.3 is 24.9 Å². The van der Waals surface area contributed by atoms with Crippen LogP contribution in [0.15, 0.2) is 29.1 Å². The lowest BCUT2D eigenvalue weighted by molar-refractivity contribution is -0.188. The zero-order valence-corrected chi connectivity index (χ0v) is 25.2. The lowest BCUT2D eigenvalue weighted by Crippen LogP contribution is -2.54. The zero-order chi connectivity index (χ0) is 29.4. The van der Waals surface area contributed by atoms with Crippen LogP contribution in [0.3, 0.4) is 0 Å². The summed E-state index contributed by atoms with van der Waals surface area (Å²) < 4.78 is 12.7. The third-order valence-corrected chi connectivity index (χ3v) is 15.4. The summed E-state index contributed by atoms with van der Waals surface area (Å²) in [5.41, 5.74) is 6.97. The van der Waals surface area contributed by atoms with Gasteiger partial charge in [0.1, 0.15) is 12.4 Å². The first-order chi connectivity index (χ1) is 18.7. The van der Waals surface area contributed by atoms with Crippen LogP contribution in [0.4, 0.5) is 0 Å². The molecule has 2 aliphatic rings. The van der Waals surface area contributed by atoms with Crippen molar-refractivity contribution in [1.29, 1.82) is 0 Å². The third-order valence-electron chi connectivity index (χ3n) is 9.77. The van der Waals surface area contributed by atoms with Crippen LogP contribution >= 0.6 is 0 Å². The molecule has 0 bridgehead atoms. The summed E-state index contributed by atoms with van der Waals surface area (Å²) in [4.78, 5) is 44.4. The van der Waals surface area contributed by atoms with Gasteiger partial charge in [-0.15, -0.1) is 13.1 Å². The van der Waals surface area contributed by atoms with Crippen molar-refractivity contribution in [3.63, 3.8) is 0 Å². The number of cyclic esters (lactones) is 1. The van der Waals surface area contributed by atoms with Crippen molar-refractivity contribution in [3.05, 3.63) is 51.3 Å². The van der Waals surface area contributed by atoms with Gasteiger partial charge in [0.15, 0.2) is 0 Å². The Morgan fingerprint density at radius 3 is 2.58 bits per heavy atom. The molecule has 10 heteroatoms. The Morgan fingerprint density at radius 1 is 1.25 bits per heavy atom. The quantitative estimate of drug-likeness (QED) is 0.268. The minimum atomic E-state index is -2.30. The molecule has 2 aliphatic heterocycles. The van der Waals surface area contributed by atoms with E-state index in [-0.39, 0.29) is 34.9 Å². The van der Waals surface area contributed by atoms with Crippen LogP contribution in [0.5, 0.6) is 5.75 Å². The predicted octanol–water partition coefficient (Wildman–Crippen LogP) is 3.65. The first-order valence-corrected chi connectivity index (χ1v) is 16.7. The fourth-order valence-electron chi connectivity index (χ4n) is 6.22. The SMILES string of the molecule is CC[C@@]1(OC(=O)CN)C(=O)OCc2c1cc1n(c2=O)Cc2c-1nc1ccc(O)cc1c2[Si-](C)(C)C(C)(C)C(C)C. The molecule has 40 heavy (non-hydrogen) atoms. The van der Waals surface area contributed by atoms with Crippen LogP contribution in [0.2, 0.25) is 18.1 Å². The molecular formula is C30H37N3O6Si-. The standard InChI is InChI=1S/C30H37N3O6Si/c1-8-30(39-24(35)13-31)21-12-23-25-19(14-33(23)27(36)20(21)15-38-28(30)37)26(40(6,7)29(4,5)16(2)3)18-11-17(34)9-10-22(18)32-25/h9-12,16,34H,8,13-15,31H2,1-7H3/q-1/t30-/m0/s1. The number of aromatic nitrogens is 2. The number of nitrogens with two attached hydrogens (primary N) is 1. The molecule has 0 saturated carbocycles. The second kappa shape index (κ2) is 9.27. The largest absolute Gasteiger partial charge is 0.508 e. The van der Waals surface area contributed by atoms with Gasteiger partial charge in [0.05, 0.1) is 35.6 Å². The fourth-order valence-corrected chi connectivity index (χ4v) is 10.1. The van der Waals surface area contributed by atoms with Crippen molar-refractivity contribution in [2.45, 2.75) is 77.9 Å². The number of aromatic hydroxyl groups is 1. The highest BCUT2D eigenvalue weighted by molar-refractivity contribution is 6.94. The van der Waals surface area contributed by atoms with E-state index in [2.05, 4.69) is 40.8 Å². The Bertz CT molecular complexity index is 1640. The summed E-state index contributed by atoms with van der Waals surface area (Å²) in [7, 11) is -2.30. The molecule has 3 N–H and O–H groups in total. The van der Waals surface area contributed by atoms with Gasteiger partial charge in [-0.2, -0.15) is 18.3 Å². The van der Waals surface area contributed by atoms with E-state index >= 15 is 0 Å². The second-order valence-corrected chi connectivity index (χ2v) is 17.3. The number of rotatable bonds is 6. The normalized spacial score (nSPS) is 18.4. The summed E-state index contributed by atoms with van der Waals surface area (Å²) in [6, 6.07) is 6.96. The minimum Gasteiger partial charge on any atom is -0.508 e. The van der Waals surface area contributed by atoms with E-state index in [0.717, 1.165) is 21.7 Å². The number of hydrogen-bond donors (Lipinski definition) is 2. The Labute approximate surface area is 234 Å². The minimum absolute atomic E-state index is 0.0342. The zero-order valence-electron chi connectivity index (χ0n) is 24.2. The first kappa shape index (κ1) is 28.0. The highest BCUT2D eigenvalue weighted by Gasteiger charge is 2.50. The van der Waals surface area contributed by atoms with Crippen LogP contribution in [-0.2, 0) is 37.8 Å². The molecule has 1 aromatic carbocycles. The number of ether oxygens (including phenoxy) is 2. The number of hydrogen-bond acceptors (Lipinski definition) is 8. The molecule has 9 nitrogen and oxygen atoms in total. The average molecular weight is 564 g/mol. The second-order valence-electron chi connectivity index (χ2n) is 12.3. The van der Waals surface area contributed by atoms with Gasteiger partial charge in [-0.3, -0.25) is 9.59 Å². The monoisotopic (exact) mass is 563 g/mol. The van der Waals surface area contributed by atoms with Crippen molar-refractivity contribution < 1.29 is 24.2 Å². The highest BCUT2D eigenvalue weighted by atomic mass is 28.3. The fraction of sp³-hybridized carbons (Fsp3) is 0.467. The lowest BCUT2D eigenvalue weighted by Gasteiger charge is -2.55. The van der Waals surface area contributed by atoms with E-state index in [0.29, 0.717) is 29.4 Å². The molecule has 0 amide bonds. The number of esters is 2. The molecule has 0 saturated heterocycles. The number of pyridine rings is 2. The van der Waals surface area contributed by atoms with Crippen molar-refractivity contribution in [3.8, 4) is 17.1 Å². The number of phenolic OH excluding ortho intramolecular Hbond substituents is 1. The van der Waals surface area contributed by atoms with Crippen molar-refractivity contribution in [1.82, 2.24) is 9.55 Å². The summed E-state index contributed by atoms with van der Waals surface area (Å²) in [5, 5.41) is 12.5. The Kier molecular flexibility index (Phi) is 6.50. The maximum atomic E-state index is 14.0. The number of phenols is 1. The van der Waals surface area contributed by atoms with E-state index in [1.165, 1.54) is 0 Å². The molecule has 0 spiro atoms. The number of nitrogens with zero attached hydrogens (tertiary/aromatic N) is 2. The van der Waals surface area contributed by atoms with Crippen molar-refractivity contribution >= 4 is 36.1 Å². The van der Waals surface area contributed by atoms with Crippen LogP contribution in [0.25, 0.3) is 22.3 Å². The summed E-state index contributed by atoms with van der Waals surface area (Å²) in [5.74, 6) is -0.935. The maximum absolute atomic E-state index is 14.0. The summed E-state index contributed by atoms with van der Waals surface area (Å²) >= 11 is 0. The number of carbonyl (C=O) groups excluding carboxylic acids is 2. The first-order valence-electron chi connectivity index (χ1n) is 13.7. The van der Waals surface area contributed by atoms with Gasteiger partial charge in [-0.05, 0) is 41.6 Å². The van der Waals surface area contributed by atoms with E-state index in [1.54, 1.807) is 35.8 Å². The summed E-state index contributed by atoms with van der Waals surface area (Å²) in [6.07, 6.45) is 0.0819. The number of benzene rings is 1. The third kappa shape index (κ3) is 3.76. The Balaban J connectivity index is 1.85. The molecule has 1 atom stereocenters. The van der Waals surface area contributed by atoms with E-state index in [4.69, 9.17) is 20.2 Å². The average Bonchev–Trinajstić information content (AvgIpc) is 3.26. The molecular weight excluding hydrogens is 526 g/mol. The van der Waals surface area contributed by atoms with E-state index in [9.17, 15) is 19.5 Å². The molecule has 0 fully saturated rings. The Morgan fingerprint density at radius 2 is 1.95 bits per heavy atom. The van der Waals surface area contributed by atoms with Gasteiger partial charge in [0.25, 0.3) is 5.56 Å². The summed E-state index contributed by atoms with van der Waals surface area (Å²) in [6.45, 7) is 15.1. The Hall–Kier alpha value is -3.50. The molecule has 0 radical (unpaired) electrons. The molecule has 213 valence electrons. The number of fused-ring (bicyclic) bond motifs is 5. The van der Waals surface area contributed by atoms with Crippen LogP contribution < -0.4 is 16.5 Å². The van der Waals surface area contributed by atoms with Crippen LogP contribution in [0.1, 0.15) is 57.7 Å².